The van der Waals surface area contributed by atoms with Gasteiger partial charge in [-0.15, -0.1) is 11.3 Å². The van der Waals surface area contributed by atoms with Crippen molar-refractivity contribution in [2.75, 3.05) is 31.1 Å². The highest BCUT2D eigenvalue weighted by Crippen LogP contribution is 2.32. The second-order valence-corrected chi connectivity index (χ2v) is 8.81. The Morgan fingerprint density at radius 1 is 1.16 bits per heavy atom. The molecule has 0 radical (unpaired) electrons. The van der Waals surface area contributed by atoms with Crippen LogP contribution >= 0.6 is 11.3 Å². The SMILES string of the molecule is Cc1cnc(C2CC=NN2C(=O)N2CCN(c3ncc(F)c(-c4cnn(C)n4)n3)CC2)s1. The molecule has 3 aromatic heterocycles. The fraction of sp³-hybridized carbons (Fsp3) is 0.421. The Morgan fingerprint density at radius 3 is 2.66 bits per heavy atom. The molecule has 2 aliphatic rings. The summed E-state index contributed by atoms with van der Waals surface area (Å²) in [7, 11) is 1.66. The standard InChI is InChI=1S/C19H21FN10OS/c1-12-9-21-17(32-12)15-3-4-23-30(15)19(31)29-7-5-28(6-8-29)18-22-10-13(20)16(25-18)14-11-24-27(2)26-14/h4,9-11,15H,3,5-8H2,1-2H3. The van der Waals surface area contributed by atoms with E-state index >= 15 is 0 Å². The van der Waals surface area contributed by atoms with Gasteiger partial charge in [-0.25, -0.2) is 29.1 Å². The van der Waals surface area contributed by atoms with Crippen LogP contribution < -0.4 is 4.90 Å². The summed E-state index contributed by atoms with van der Waals surface area (Å²) in [6.45, 7) is 4.01. The Bertz CT molecular complexity index is 1170. The summed E-state index contributed by atoms with van der Waals surface area (Å²) in [5, 5.41) is 14.8. The van der Waals surface area contributed by atoms with Crippen LogP contribution in [0.1, 0.15) is 22.3 Å². The largest absolute Gasteiger partial charge is 0.341 e. The molecule has 2 amide bonds. The summed E-state index contributed by atoms with van der Waals surface area (Å²) in [4.78, 5) is 32.2. The van der Waals surface area contributed by atoms with E-state index in [1.54, 1.807) is 29.5 Å². The molecule has 1 saturated heterocycles. The van der Waals surface area contributed by atoms with Gasteiger partial charge in [-0.3, -0.25) is 0 Å². The predicted molar refractivity (Wildman–Crippen MR) is 116 cm³/mol. The molecule has 3 aromatic rings. The van der Waals surface area contributed by atoms with Gasteiger partial charge >= 0.3 is 6.03 Å². The number of rotatable bonds is 3. The summed E-state index contributed by atoms with van der Waals surface area (Å²) in [5.41, 5.74) is 0.451. The van der Waals surface area contributed by atoms with Crippen molar-refractivity contribution in [2.24, 2.45) is 12.1 Å². The van der Waals surface area contributed by atoms with Crippen molar-refractivity contribution in [3.63, 3.8) is 0 Å². The van der Waals surface area contributed by atoms with Gasteiger partial charge in [0.2, 0.25) is 5.95 Å². The van der Waals surface area contributed by atoms with E-state index in [2.05, 4.69) is 30.3 Å². The minimum absolute atomic E-state index is 0.106. The van der Waals surface area contributed by atoms with Crippen molar-refractivity contribution >= 4 is 29.5 Å². The van der Waals surface area contributed by atoms with E-state index in [4.69, 9.17) is 0 Å². The molecule has 1 fully saturated rings. The highest BCUT2D eigenvalue weighted by Gasteiger charge is 2.34. The average Bonchev–Trinajstić information content (AvgIpc) is 3.54. The van der Waals surface area contributed by atoms with Crippen LogP contribution in [0.2, 0.25) is 0 Å². The first kappa shape index (κ1) is 20.4. The van der Waals surface area contributed by atoms with Crippen molar-refractivity contribution in [1.82, 2.24) is 39.9 Å². The Morgan fingerprint density at radius 2 is 1.97 bits per heavy atom. The van der Waals surface area contributed by atoms with E-state index in [0.717, 1.165) is 16.1 Å². The number of aromatic nitrogens is 6. The molecule has 1 atom stereocenters. The molecule has 0 aromatic carbocycles. The second kappa shape index (κ2) is 8.22. The molecule has 5 rings (SSSR count). The minimum atomic E-state index is -0.557. The highest BCUT2D eigenvalue weighted by atomic mass is 32.1. The number of aryl methyl sites for hydroxylation is 2. The number of hydrogen-bond donors (Lipinski definition) is 0. The van der Waals surface area contributed by atoms with E-state index in [-0.39, 0.29) is 17.8 Å². The fourth-order valence-corrected chi connectivity index (χ4v) is 4.59. The number of hydrazone groups is 1. The normalized spacial score (nSPS) is 18.6. The molecule has 0 spiro atoms. The predicted octanol–water partition coefficient (Wildman–Crippen LogP) is 1.85. The van der Waals surface area contributed by atoms with Crippen LogP contribution in [-0.4, -0.2) is 78.3 Å². The van der Waals surface area contributed by atoms with E-state index in [9.17, 15) is 9.18 Å². The third kappa shape index (κ3) is 3.79. The van der Waals surface area contributed by atoms with Crippen LogP contribution in [0.25, 0.3) is 11.4 Å². The monoisotopic (exact) mass is 456 g/mol. The lowest BCUT2D eigenvalue weighted by Gasteiger charge is -2.36. The molecule has 0 N–H and O–H groups in total. The number of urea groups is 1. The molecule has 2 aliphatic heterocycles. The van der Waals surface area contributed by atoms with Crippen LogP contribution in [0.5, 0.6) is 0 Å². The molecule has 13 heteroatoms. The van der Waals surface area contributed by atoms with Gasteiger partial charge in [0, 0.05) is 56.9 Å². The lowest BCUT2D eigenvalue weighted by molar-refractivity contribution is 0.139. The van der Waals surface area contributed by atoms with E-state index in [1.165, 1.54) is 16.0 Å². The van der Waals surface area contributed by atoms with Gasteiger partial charge in [-0.05, 0) is 6.92 Å². The lowest BCUT2D eigenvalue weighted by atomic mass is 10.2. The highest BCUT2D eigenvalue weighted by molar-refractivity contribution is 7.11. The number of thiazole rings is 1. The van der Waals surface area contributed by atoms with Gasteiger partial charge in [-0.1, -0.05) is 0 Å². The topological polar surface area (TPSA) is 109 Å². The number of carbonyl (C=O) groups excluding carboxylic acids is 1. The van der Waals surface area contributed by atoms with Crippen molar-refractivity contribution < 1.29 is 9.18 Å². The minimum Gasteiger partial charge on any atom is -0.337 e. The number of amides is 2. The first-order valence-corrected chi connectivity index (χ1v) is 11.0. The number of halogens is 1. The Balaban J connectivity index is 1.26. The summed E-state index contributed by atoms with van der Waals surface area (Å²) < 4.78 is 14.3. The summed E-state index contributed by atoms with van der Waals surface area (Å²) in [6.07, 6.45) is 6.84. The molecule has 1 unspecified atom stereocenters. The maximum Gasteiger partial charge on any atom is 0.341 e. The Hall–Kier alpha value is -3.48. The molecule has 5 heterocycles. The quantitative estimate of drug-likeness (QED) is 0.592. The molecule has 0 saturated carbocycles. The zero-order chi connectivity index (χ0) is 22.2. The Labute approximate surface area is 187 Å². The van der Waals surface area contributed by atoms with Crippen molar-refractivity contribution in [3.8, 4) is 11.4 Å². The summed E-state index contributed by atoms with van der Waals surface area (Å²) >= 11 is 1.58. The van der Waals surface area contributed by atoms with E-state index < -0.39 is 5.82 Å². The smallest absolute Gasteiger partial charge is 0.337 e. The number of carbonyl (C=O) groups is 1. The van der Waals surface area contributed by atoms with Crippen molar-refractivity contribution in [1.29, 1.82) is 0 Å². The van der Waals surface area contributed by atoms with E-state index in [0.29, 0.717) is 44.2 Å². The number of nitrogens with zero attached hydrogens (tertiary/aromatic N) is 10. The number of anilines is 1. The lowest BCUT2D eigenvalue weighted by Crippen LogP contribution is -2.52. The van der Waals surface area contributed by atoms with Gasteiger partial charge in [0.1, 0.15) is 22.4 Å². The molecule has 0 aliphatic carbocycles. The molecule has 11 nitrogen and oxygen atoms in total. The van der Waals surface area contributed by atoms with Crippen LogP contribution in [0.15, 0.2) is 23.7 Å². The van der Waals surface area contributed by atoms with Crippen LogP contribution in [0, 0.1) is 12.7 Å². The zero-order valence-electron chi connectivity index (χ0n) is 17.6. The third-order valence-electron chi connectivity index (χ3n) is 5.36. The van der Waals surface area contributed by atoms with Crippen molar-refractivity contribution in [3.05, 3.63) is 34.3 Å². The van der Waals surface area contributed by atoms with Crippen LogP contribution in [0.4, 0.5) is 15.1 Å². The average molecular weight is 457 g/mol. The van der Waals surface area contributed by atoms with Gasteiger partial charge in [0.15, 0.2) is 5.82 Å². The summed E-state index contributed by atoms with van der Waals surface area (Å²) in [6, 6.07) is -0.300. The van der Waals surface area contributed by atoms with Gasteiger partial charge in [0.05, 0.1) is 12.4 Å². The van der Waals surface area contributed by atoms with Gasteiger partial charge in [0.25, 0.3) is 0 Å². The molecule has 166 valence electrons. The van der Waals surface area contributed by atoms with Gasteiger partial charge in [-0.2, -0.15) is 20.1 Å². The maximum atomic E-state index is 14.3. The number of hydrogen-bond acceptors (Lipinski definition) is 9. The maximum absolute atomic E-state index is 14.3. The molecular formula is C19H21FN10OS. The summed E-state index contributed by atoms with van der Waals surface area (Å²) in [5.74, 6) is -0.159. The van der Waals surface area contributed by atoms with Gasteiger partial charge < -0.3 is 9.80 Å². The van der Waals surface area contributed by atoms with Crippen LogP contribution in [0.3, 0.4) is 0 Å². The second-order valence-electron chi connectivity index (χ2n) is 7.55. The first-order chi connectivity index (χ1) is 15.5. The molecule has 32 heavy (non-hydrogen) atoms. The van der Waals surface area contributed by atoms with Crippen LogP contribution in [-0.2, 0) is 7.05 Å². The molecule has 0 bridgehead atoms. The van der Waals surface area contributed by atoms with E-state index in [1.807, 2.05) is 18.0 Å². The Kier molecular flexibility index (Phi) is 5.25. The third-order valence-corrected chi connectivity index (χ3v) is 6.37. The first-order valence-electron chi connectivity index (χ1n) is 10.2. The molecular weight excluding hydrogens is 435 g/mol. The van der Waals surface area contributed by atoms with Crippen molar-refractivity contribution in [2.45, 2.75) is 19.4 Å². The zero-order valence-corrected chi connectivity index (χ0v) is 18.4. The fourth-order valence-electron chi connectivity index (χ4n) is 3.72. The number of piperazine rings is 1.